The zero-order valence-electron chi connectivity index (χ0n) is 12.2. The molecule has 122 valence electrons. The van der Waals surface area contributed by atoms with E-state index in [1.807, 2.05) is 5.32 Å². The van der Waals surface area contributed by atoms with Gasteiger partial charge in [0.05, 0.1) is 12.8 Å². The smallest absolute Gasteiger partial charge is 0.335 e. The molecule has 2 heterocycles. The molecule has 0 aliphatic carbocycles. The third kappa shape index (κ3) is 3.54. The summed E-state index contributed by atoms with van der Waals surface area (Å²) < 4.78 is 5.02. The number of carbonyl (C=O) groups excluding carboxylic acids is 5. The molecule has 0 atom stereocenters. The van der Waals surface area contributed by atoms with Crippen LogP contribution >= 0.6 is 0 Å². The first-order valence-electron chi connectivity index (χ1n) is 6.71. The third-order valence-corrected chi connectivity index (χ3v) is 2.92. The second-order valence-electron chi connectivity index (χ2n) is 4.55. The summed E-state index contributed by atoms with van der Waals surface area (Å²) in [5, 5.41) is 4.26. The molecule has 0 saturated carbocycles. The van der Waals surface area contributed by atoms with Crippen LogP contribution in [0.4, 0.5) is 9.59 Å². The number of amides is 7. The van der Waals surface area contributed by atoms with Crippen molar-refractivity contribution in [1.29, 1.82) is 0 Å². The van der Waals surface area contributed by atoms with Gasteiger partial charge in [0.2, 0.25) is 5.91 Å². The summed E-state index contributed by atoms with van der Waals surface area (Å²) in [7, 11) is 0. The Bertz CT molecular complexity index is 653. The van der Waals surface area contributed by atoms with E-state index in [4.69, 9.17) is 4.42 Å². The molecular weight excluding hydrogens is 308 g/mol. The van der Waals surface area contributed by atoms with Gasteiger partial charge in [-0.05, 0) is 19.1 Å². The minimum absolute atomic E-state index is 0.217. The lowest BCUT2D eigenvalue weighted by Gasteiger charge is -2.14. The number of imide groups is 3. The second-order valence-corrected chi connectivity index (χ2v) is 4.55. The van der Waals surface area contributed by atoms with Gasteiger partial charge in [0.1, 0.15) is 12.3 Å². The topological polar surface area (TPSA) is 129 Å². The van der Waals surface area contributed by atoms with E-state index >= 15 is 0 Å². The number of urea groups is 2. The van der Waals surface area contributed by atoms with E-state index < -0.39 is 36.3 Å². The predicted octanol–water partition coefficient (Wildman–Crippen LogP) is -0.584. The Labute approximate surface area is 130 Å². The highest BCUT2D eigenvalue weighted by atomic mass is 16.3. The third-order valence-electron chi connectivity index (χ3n) is 2.92. The van der Waals surface area contributed by atoms with Crippen molar-refractivity contribution in [3.8, 4) is 0 Å². The van der Waals surface area contributed by atoms with Crippen LogP contribution in [0.5, 0.6) is 0 Å². The molecule has 2 rings (SSSR count). The van der Waals surface area contributed by atoms with Gasteiger partial charge in [0.15, 0.2) is 0 Å². The van der Waals surface area contributed by atoms with Crippen LogP contribution in [0.3, 0.4) is 0 Å². The molecule has 1 aromatic rings. The number of rotatable bonds is 5. The van der Waals surface area contributed by atoms with Crippen molar-refractivity contribution in [1.82, 2.24) is 20.4 Å². The lowest BCUT2D eigenvalue weighted by molar-refractivity contribution is -0.144. The zero-order chi connectivity index (χ0) is 17.0. The zero-order valence-corrected chi connectivity index (χ0v) is 12.2. The number of hydrogen-bond donors (Lipinski definition) is 2. The van der Waals surface area contributed by atoms with Gasteiger partial charge >= 0.3 is 23.9 Å². The van der Waals surface area contributed by atoms with Crippen molar-refractivity contribution in [2.75, 3.05) is 13.1 Å². The highest BCUT2D eigenvalue weighted by Crippen LogP contribution is 2.15. The minimum atomic E-state index is -1.13. The summed E-state index contributed by atoms with van der Waals surface area (Å²) in [6, 6.07) is 1.41. The number of furan rings is 1. The summed E-state index contributed by atoms with van der Waals surface area (Å²) in [5.74, 6) is -2.76. The summed E-state index contributed by atoms with van der Waals surface area (Å²) in [5.41, 5.74) is 0. The Kier molecular flexibility index (Phi) is 4.74. The van der Waals surface area contributed by atoms with Gasteiger partial charge in [-0.1, -0.05) is 0 Å². The first-order chi connectivity index (χ1) is 10.9. The monoisotopic (exact) mass is 322 g/mol. The van der Waals surface area contributed by atoms with Crippen molar-refractivity contribution >= 4 is 29.8 Å². The van der Waals surface area contributed by atoms with Gasteiger partial charge in [0, 0.05) is 6.54 Å². The summed E-state index contributed by atoms with van der Waals surface area (Å²) >= 11 is 0. The molecule has 2 N–H and O–H groups in total. The highest BCUT2D eigenvalue weighted by Gasteiger charge is 2.45. The SMILES string of the molecule is CCNC(=O)NC(=O)CN1C(=O)C(=O)N(Cc2ccco2)C1=O. The Morgan fingerprint density at radius 1 is 1.17 bits per heavy atom. The molecule has 1 saturated heterocycles. The van der Waals surface area contributed by atoms with Crippen LogP contribution in [-0.4, -0.2) is 52.7 Å². The quantitative estimate of drug-likeness (QED) is 0.551. The van der Waals surface area contributed by atoms with Crippen LogP contribution in [0.2, 0.25) is 0 Å². The largest absolute Gasteiger partial charge is 0.467 e. The van der Waals surface area contributed by atoms with E-state index in [-0.39, 0.29) is 6.54 Å². The second kappa shape index (κ2) is 6.73. The van der Waals surface area contributed by atoms with Crippen LogP contribution in [0, 0.1) is 0 Å². The molecule has 0 bridgehead atoms. The number of nitrogens with one attached hydrogen (secondary N) is 2. The number of nitrogens with zero attached hydrogens (tertiary/aromatic N) is 2. The fraction of sp³-hybridized carbons (Fsp3) is 0.308. The molecule has 10 heteroatoms. The fourth-order valence-electron chi connectivity index (χ4n) is 1.90. The lowest BCUT2D eigenvalue weighted by Crippen LogP contribution is -2.46. The summed E-state index contributed by atoms with van der Waals surface area (Å²) in [4.78, 5) is 59.7. The first kappa shape index (κ1) is 16.2. The molecule has 1 aliphatic heterocycles. The Balaban J connectivity index is 2.01. The summed E-state index contributed by atoms with van der Waals surface area (Å²) in [6.45, 7) is 1.01. The van der Waals surface area contributed by atoms with Gasteiger partial charge in [-0.2, -0.15) is 0 Å². The molecule has 1 fully saturated rings. The molecule has 10 nitrogen and oxygen atoms in total. The van der Waals surface area contributed by atoms with E-state index in [0.29, 0.717) is 22.1 Å². The average Bonchev–Trinajstić information content (AvgIpc) is 3.07. The molecule has 1 aromatic heterocycles. The van der Waals surface area contributed by atoms with Crippen LogP contribution in [0.15, 0.2) is 22.8 Å². The Morgan fingerprint density at radius 2 is 1.87 bits per heavy atom. The maximum Gasteiger partial charge on any atom is 0.335 e. The minimum Gasteiger partial charge on any atom is -0.467 e. The standard InChI is InChI=1S/C13H14N4O6/c1-2-14-12(21)15-9(18)7-17-11(20)10(19)16(13(17)22)6-8-4-3-5-23-8/h3-5H,2,6-7H2,1H3,(H2,14,15,18,21). The Morgan fingerprint density at radius 3 is 2.48 bits per heavy atom. The molecule has 0 radical (unpaired) electrons. The van der Waals surface area contributed by atoms with E-state index in [1.165, 1.54) is 12.3 Å². The van der Waals surface area contributed by atoms with E-state index in [9.17, 15) is 24.0 Å². The Hall–Kier alpha value is -3.17. The maximum absolute atomic E-state index is 12.1. The average molecular weight is 322 g/mol. The van der Waals surface area contributed by atoms with Crippen molar-refractivity contribution in [2.45, 2.75) is 13.5 Å². The van der Waals surface area contributed by atoms with E-state index in [2.05, 4.69) is 5.32 Å². The maximum atomic E-state index is 12.1. The number of hydrogen-bond acceptors (Lipinski definition) is 6. The van der Waals surface area contributed by atoms with Gasteiger partial charge in [-0.25, -0.2) is 19.4 Å². The van der Waals surface area contributed by atoms with Gasteiger partial charge in [0.25, 0.3) is 0 Å². The van der Waals surface area contributed by atoms with Crippen molar-refractivity contribution < 1.29 is 28.4 Å². The first-order valence-corrected chi connectivity index (χ1v) is 6.71. The number of carbonyl (C=O) groups is 5. The molecule has 0 spiro atoms. The summed E-state index contributed by atoms with van der Waals surface area (Å²) in [6.07, 6.45) is 1.36. The molecule has 0 unspecified atom stereocenters. The molecule has 1 aliphatic rings. The van der Waals surface area contributed by atoms with E-state index in [1.54, 1.807) is 13.0 Å². The lowest BCUT2D eigenvalue weighted by atomic mass is 10.4. The molecule has 7 amide bonds. The molecular formula is C13H14N4O6. The molecule has 0 aromatic carbocycles. The van der Waals surface area contributed by atoms with Crippen molar-refractivity contribution in [3.05, 3.63) is 24.2 Å². The van der Waals surface area contributed by atoms with Crippen molar-refractivity contribution in [3.63, 3.8) is 0 Å². The van der Waals surface area contributed by atoms with Crippen molar-refractivity contribution in [2.24, 2.45) is 0 Å². The normalized spacial score (nSPS) is 14.4. The predicted molar refractivity (Wildman–Crippen MR) is 73.6 cm³/mol. The van der Waals surface area contributed by atoms with E-state index in [0.717, 1.165) is 0 Å². The van der Waals surface area contributed by atoms with Gasteiger partial charge in [-0.3, -0.25) is 19.7 Å². The van der Waals surface area contributed by atoms with Crippen LogP contribution in [0.25, 0.3) is 0 Å². The van der Waals surface area contributed by atoms with Gasteiger partial charge < -0.3 is 9.73 Å². The fourth-order valence-corrected chi connectivity index (χ4v) is 1.90. The van der Waals surface area contributed by atoms with Crippen LogP contribution in [-0.2, 0) is 20.9 Å². The van der Waals surface area contributed by atoms with Gasteiger partial charge in [-0.15, -0.1) is 0 Å². The molecule has 23 heavy (non-hydrogen) atoms. The van der Waals surface area contributed by atoms with Crippen LogP contribution in [0.1, 0.15) is 12.7 Å². The highest BCUT2D eigenvalue weighted by molar-refractivity contribution is 6.45. The van der Waals surface area contributed by atoms with Crippen LogP contribution < -0.4 is 10.6 Å².